The normalized spacial score (nSPS) is 11.9. The van der Waals surface area contributed by atoms with Crippen LogP contribution < -0.4 is 10.1 Å². The molecule has 3 rings (SSSR count). The molecule has 0 radical (unpaired) electrons. The summed E-state index contributed by atoms with van der Waals surface area (Å²) in [6.45, 7) is 5.34. The van der Waals surface area contributed by atoms with E-state index in [9.17, 15) is 9.90 Å². The third-order valence-corrected chi connectivity index (χ3v) is 4.94. The first-order valence-corrected chi connectivity index (χ1v) is 10.6. The van der Waals surface area contributed by atoms with Crippen molar-refractivity contribution < 1.29 is 24.3 Å². The van der Waals surface area contributed by atoms with Crippen molar-refractivity contribution in [2.24, 2.45) is 0 Å². The highest BCUT2D eigenvalue weighted by molar-refractivity contribution is 5.76. The fourth-order valence-corrected chi connectivity index (χ4v) is 3.23. The molecule has 32 heavy (non-hydrogen) atoms. The molecular weight excluding hydrogens is 412 g/mol. The topological polar surface area (TPSA) is 131 Å². The number of pyridine rings is 1. The fraction of sp³-hybridized carbons (Fsp3) is 0.391. The van der Waals surface area contributed by atoms with Gasteiger partial charge in [0.15, 0.2) is 0 Å². The number of benzene rings is 1. The number of nitrogens with one attached hydrogen (secondary N) is 1. The number of nitrogens with zero attached hydrogens (tertiary/aromatic N) is 3. The Balaban J connectivity index is 1.76. The fourth-order valence-electron chi connectivity index (χ4n) is 3.23. The Hall–Kier alpha value is -3.30. The minimum Gasteiger partial charge on any atom is -0.490 e. The van der Waals surface area contributed by atoms with Gasteiger partial charge in [-0.1, -0.05) is 19.0 Å². The number of aryl methyl sites for hydroxylation is 3. The zero-order valence-electron chi connectivity index (χ0n) is 18.5. The van der Waals surface area contributed by atoms with E-state index in [1.807, 2.05) is 45.0 Å². The van der Waals surface area contributed by atoms with Gasteiger partial charge in [-0.15, -0.1) is 0 Å². The second kappa shape index (κ2) is 10.8. The lowest BCUT2D eigenvalue weighted by atomic mass is 10.0. The minimum absolute atomic E-state index is 0.00162. The number of hydrogen-bond donors (Lipinski definition) is 3. The van der Waals surface area contributed by atoms with Crippen LogP contribution in [0.1, 0.15) is 30.7 Å². The van der Waals surface area contributed by atoms with Gasteiger partial charge in [-0.3, -0.25) is 9.78 Å². The van der Waals surface area contributed by atoms with Gasteiger partial charge < -0.3 is 24.8 Å². The third-order valence-electron chi connectivity index (χ3n) is 4.94. The van der Waals surface area contributed by atoms with E-state index in [0.717, 1.165) is 34.4 Å². The molecule has 9 heteroatoms. The number of carbonyl (C=O) groups is 1. The van der Waals surface area contributed by atoms with Crippen molar-refractivity contribution in [2.45, 2.75) is 39.7 Å². The number of aliphatic hydroxyl groups is 2. The molecular formula is C23H28N4O5. The quantitative estimate of drug-likeness (QED) is 0.437. The number of rotatable bonds is 10. The molecule has 0 unspecified atom stereocenters. The molecule has 3 N–H and O–H groups in total. The molecule has 2 aromatic heterocycles. The first kappa shape index (κ1) is 23.4. The molecule has 0 aliphatic carbocycles. The second-order valence-corrected chi connectivity index (χ2v) is 7.37. The van der Waals surface area contributed by atoms with Crippen LogP contribution in [0.5, 0.6) is 5.75 Å². The highest BCUT2D eigenvalue weighted by Gasteiger charge is 2.16. The van der Waals surface area contributed by atoms with Crippen LogP contribution in [-0.4, -0.2) is 57.1 Å². The molecule has 170 valence electrons. The van der Waals surface area contributed by atoms with Crippen LogP contribution in [0.15, 0.2) is 35.0 Å². The molecule has 1 aromatic carbocycles. The van der Waals surface area contributed by atoms with Gasteiger partial charge in [-0.05, 0) is 55.2 Å². The van der Waals surface area contributed by atoms with Gasteiger partial charge in [0.05, 0.1) is 0 Å². The van der Waals surface area contributed by atoms with Crippen molar-refractivity contribution in [1.29, 1.82) is 0 Å². The summed E-state index contributed by atoms with van der Waals surface area (Å²) in [7, 11) is 0. The van der Waals surface area contributed by atoms with Gasteiger partial charge in [-0.25, -0.2) is 0 Å². The van der Waals surface area contributed by atoms with Crippen LogP contribution in [-0.2, 0) is 17.6 Å². The second-order valence-electron chi connectivity index (χ2n) is 7.37. The van der Waals surface area contributed by atoms with Gasteiger partial charge >= 0.3 is 0 Å². The van der Waals surface area contributed by atoms with Crippen LogP contribution in [0.2, 0.25) is 0 Å². The lowest BCUT2D eigenvalue weighted by Crippen LogP contribution is -2.36. The number of ether oxygens (including phenoxy) is 1. The highest BCUT2D eigenvalue weighted by Crippen LogP contribution is 2.31. The number of aliphatic hydroxyl groups excluding tert-OH is 2. The van der Waals surface area contributed by atoms with Crippen molar-refractivity contribution in [2.75, 3.05) is 19.8 Å². The number of amides is 1. The average molecular weight is 441 g/mol. The minimum atomic E-state index is -0.901. The van der Waals surface area contributed by atoms with Crippen LogP contribution in [0.25, 0.3) is 22.8 Å². The molecule has 2 heterocycles. The lowest BCUT2D eigenvalue weighted by Gasteiger charge is -2.17. The van der Waals surface area contributed by atoms with Crippen LogP contribution in [0.3, 0.4) is 0 Å². The molecule has 9 nitrogen and oxygen atoms in total. The van der Waals surface area contributed by atoms with Crippen LogP contribution >= 0.6 is 0 Å². The van der Waals surface area contributed by atoms with Gasteiger partial charge in [0.1, 0.15) is 25.1 Å². The summed E-state index contributed by atoms with van der Waals surface area (Å²) in [6, 6.07) is 7.63. The summed E-state index contributed by atoms with van der Waals surface area (Å²) in [5.74, 6) is 1.04. The molecule has 0 bridgehead atoms. The molecule has 0 aliphatic heterocycles. The molecule has 0 saturated carbocycles. The molecule has 1 atom stereocenters. The maximum atomic E-state index is 11.1. The Morgan fingerprint density at radius 2 is 2.03 bits per heavy atom. The summed E-state index contributed by atoms with van der Waals surface area (Å²) in [4.78, 5) is 19.9. The highest BCUT2D eigenvalue weighted by atomic mass is 16.5. The van der Waals surface area contributed by atoms with Crippen LogP contribution in [0.4, 0.5) is 0 Å². The van der Waals surface area contributed by atoms with Gasteiger partial charge in [0, 0.05) is 29.6 Å². The van der Waals surface area contributed by atoms with E-state index in [-0.39, 0.29) is 13.2 Å². The molecule has 1 amide bonds. The maximum Gasteiger partial charge on any atom is 0.258 e. The molecule has 3 aromatic rings. The van der Waals surface area contributed by atoms with E-state index in [1.165, 1.54) is 0 Å². The summed E-state index contributed by atoms with van der Waals surface area (Å²) in [5, 5.41) is 25.3. The zero-order chi connectivity index (χ0) is 23.1. The van der Waals surface area contributed by atoms with Crippen molar-refractivity contribution in [1.82, 2.24) is 20.4 Å². The summed E-state index contributed by atoms with van der Waals surface area (Å²) >= 11 is 0. The van der Waals surface area contributed by atoms with Crippen molar-refractivity contribution >= 4 is 5.91 Å². The maximum absolute atomic E-state index is 11.1. The van der Waals surface area contributed by atoms with E-state index >= 15 is 0 Å². The van der Waals surface area contributed by atoms with E-state index in [2.05, 4.69) is 20.4 Å². The molecule has 0 spiro atoms. The first-order chi connectivity index (χ1) is 15.4. The molecule has 0 aliphatic rings. The van der Waals surface area contributed by atoms with E-state index in [0.29, 0.717) is 23.9 Å². The van der Waals surface area contributed by atoms with Crippen molar-refractivity contribution in [3.63, 3.8) is 0 Å². The predicted molar refractivity (Wildman–Crippen MR) is 118 cm³/mol. The monoisotopic (exact) mass is 440 g/mol. The smallest absolute Gasteiger partial charge is 0.258 e. The van der Waals surface area contributed by atoms with E-state index < -0.39 is 18.6 Å². The first-order valence-electron chi connectivity index (χ1n) is 10.6. The Morgan fingerprint density at radius 1 is 1.22 bits per heavy atom. The third kappa shape index (κ3) is 5.68. The number of hydrogen-bond acceptors (Lipinski definition) is 8. The van der Waals surface area contributed by atoms with E-state index in [4.69, 9.17) is 14.4 Å². The van der Waals surface area contributed by atoms with Gasteiger partial charge in [0.2, 0.25) is 11.7 Å². The average Bonchev–Trinajstić information content (AvgIpc) is 3.31. The van der Waals surface area contributed by atoms with Gasteiger partial charge in [0.25, 0.3) is 5.89 Å². The zero-order valence-corrected chi connectivity index (χ0v) is 18.5. The molecule has 0 saturated heterocycles. The lowest BCUT2D eigenvalue weighted by molar-refractivity contribution is -0.124. The Bertz CT molecular complexity index is 1070. The summed E-state index contributed by atoms with van der Waals surface area (Å²) in [6.07, 6.45) is 2.35. The SMILES string of the molecule is CCc1cc(-c2nc(-c3cc(C)c(OC[C@@H](O)CNC(=O)CO)c(CC)c3)no2)ccn1. The molecule has 0 fully saturated rings. The standard InChI is InChI=1S/C23H28N4O5/c1-4-15-9-17(8-14(3)21(15)31-13-19(29)11-25-20(30)12-28)22-26-23(32-27-22)16-6-7-24-18(5-2)10-16/h6-10,19,28-29H,4-5,11-13H2,1-3H3,(H,25,30)/t19-/m0/s1. The Kier molecular flexibility index (Phi) is 7.91. The van der Waals surface area contributed by atoms with Crippen molar-refractivity contribution in [3.05, 3.63) is 47.3 Å². The summed E-state index contributed by atoms with van der Waals surface area (Å²) in [5.41, 5.74) is 4.39. The Morgan fingerprint density at radius 3 is 2.75 bits per heavy atom. The van der Waals surface area contributed by atoms with Crippen LogP contribution in [0, 0.1) is 6.92 Å². The predicted octanol–water partition coefficient (Wildman–Crippen LogP) is 2.08. The largest absolute Gasteiger partial charge is 0.490 e. The van der Waals surface area contributed by atoms with Gasteiger partial charge in [-0.2, -0.15) is 4.98 Å². The number of carbonyl (C=O) groups excluding carboxylic acids is 1. The Labute approximate surface area is 186 Å². The number of aromatic nitrogens is 3. The van der Waals surface area contributed by atoms with Crippen molar-refractivity contribution in [3.8, 4) is 28.6 Å². The van der Waals surface area contributed by atoms with E-state index in [1.54, 1.807) is 6.20 Å². The summed E-state index contributed by atoms with van der Waals surface area (Å²) < 4.78 is 11.3.